The molecule has 0 bridgehead atoms. The molecule has 0 aromatic carbocycles. The van der Waals surface area contributed by atoms with E-state index in [0.717, 1.165) is 62.6 Å². The molecule has 0 spiro atoms. The van der Waals surface area contributed by atoms with Gasteiger partial charge >= 0.3 is 0 Å². The number of nitrogens with zero attached hydrogens (tertiary/aromatic N) is 4. The third-order valence-corrected chi connectivity index (χ3v) is 4.28. The van der Waals surface area contributed by atoms with Gasteiger partial charge in [0.2, 0.25) is 5.95 Å². The Morgan fingerprint density at radius 2 is 2.19 bits per heavy atom. The van der Waals surface area contributed by atoms with Crippen molar-refractivity contribution in [2.75, 3.05) is 51.0 Å². The Bertz CT molecular complexity index is 673. The average Bonchev–Trinajstić information content (AvgIpc) is 3.18. The van der Waals surface area contributed by atoms with Gasteiger partial charge in [0.1, 0.15) is 5.82 Å². The van der Waals surface area contributed by atoms with Crippen LogP contribution in [0.25, 0.3) is 11.3 Å². The maximum Gasteiger partial charge on any atom is 0.225 e. The average molecular weight is 356 g/mol. The maximum atomic E-state index is 5.69. The minimum atomic E-state index is 0.267. The second-order valence-corrected chi connectivity index (χ2v) is 6.80. The molecule has 0 radical (unpaired) electrons. The molecule has 0 saturated carbocycles. The Balaban J connectivity index is 1.70. The Labute approximate surface area is 155 Å². The minimum absolute atomic E-state index is 0.267. The van der Waals surface area contributed by atoms with Crippen LogP contribution in [0.15, 0.2) is 30.6 Å². The van der Waals surface area contributed by atoms with Gasteiger partial charge in [-0.05, 0) is 52.0 Å². The number of anilines is 2. The van der Waals surface area contributed by atoms with Crippen molar-refractivity contribution in [2.24, 2.45) is 0 Å². The van der Waals surface area contributed by atoms with E-state index in [9.17, 15) is 0 Å². The quantitative estimate of drug-likeness (QED) is 0.669. The van der Waals surface area contributed by atoms with Crippen molar-refractivity contribution in [3.63, 3.8) is 0 Å². The predicted octanol–water partition coefficient (Wildman–Crippen LogP) is 2.49. The molecule has 7 heteroatoms. The van der Waals surface area contributed by atoms with Crippen LogP contribution in [-0.4, -0.2) is 66.3 Å². The van der Waals surface area contributed by atoms with Crippen molar-refractivity contribution >= 4 is 11.8 Å². The highest BCUT2D eigenvalue weighted by atomic mass is 16.5. The van der Waals surface area contributed by atoms with Crippen molar-refractivity contribution in [3.05, 3.63) is 30.6 Å². The molecule has 2 aromatic heterocycles. The number of aromatic nitrogens is 3. The van der Waals surface area contributed by atoms with Crippen LogP contribution in [0.5, 0.6) is 0 Å². The van der Waals surface area contributed by atoms with Gasteiger partial charge in [-0.25, -0.2) is 4.98 Å². The molecule has 3 rings (SSSR count). The molecule has 2 aromatic rings. The number of rotatable bonds is 9. The molecule has 1 fully saturated rings. The van der Waals surface area contributed by atoms with Gasteiger partial charge in [-0.2, -0.15) is 4.98 Å². The first-order valence-corrected chi connectivity index (χ1v) is 9.24. The van der Waals surface area contributed by atoms with Gasteiger partial charge < -0.3 is 20.3 Å². The molecule has 2 N–H and O–H groups in total. The van der Waals surface area contributed by atoms with E-state index in [0.29, 0.717) is 5.95 Å². The Morgan fingerprint density at radius 3 is 2.92 bits per heavy atom. The summed E-state index contributed by atoms with van der Waals surface area (Å²) >= 11 is 0. The highest BCUT2D eigenvalue weighted by molar-refractivity contribution is 5.63. The summed E-state index contributed by atoms with van der Waals surface area (Å²) in [4.78, 5) is 15.6. The predicted molar refractivity (Wildman–Crippen MR) is 104 cm³/mol. The van der Waals surface area contributed by atoms with Crippen LogP contribution in [0.2, 0.25) is 0 Å². The fraction of sp³-hybridized carbons (Fsp3) is 0.526. The lowest BCUT2D eigenvalue weighted by atomic mass is 10.2. The van der Waals surface area contributed by atoms with E-state index in [1.807, 2.05) is 24.4 Å². The van der Waals surface area contributed by atoms with Crippen LogP contribution in [0.3, 0.4) is 0 Å². The van der Waals surface area contributed by atoms with E-state index in [1.54, 1.807) is 6.20 Å². The standard InChI is InChI=1S/C19H28N6O/c1-25(2)10-5-9-21-19-23-17(15-6-3-8-20-13-15)12-18(24-19)22-14-16-7-4-11-26-16/h3,6,8,12-13,16H,4-5,7,9-11,14H2,1-2H3,(H2,21,22,23,24)/t16-/m0/s1. The van der Waals surface area contributed by atoms with Gasteiger partial charge in [0.05, 0.1) is 11.8 Å². The normalized spacial score (nSPS) is 16.8. The maximum absolute atomic E-state index is 5.69. The second kappa shape index (κ2) is 9.45. The van der Waals surface area contributed by atoms with Gasteiger partial charge in [-0.1, -0.05) is 0 Å². The van der Waals surface area contributed by atoms with Gasteiger partial charge in [-0.15, -0.1) is 0 Å². The fourth-order valence-electron chi connectivity index (χ4n) is 2.90. The molecule has 1 saturated heterocycles. The minimum Gasteiger partial charge on any atom is -0.376 e. The first-order valence-electron chi connectivity index (χ1n) is 9.24. The number of pyridine rings is 1. The van der Waals surface area contributed by atoms with Crippen molar-refractivity contribution < 1.29 is 4.74 Å². The summed E-state index contributed by atoms with van der Waals surface area (Å²) in [5.74, 6) is 1.45. The zero-order valence-corrected chi connectivity index (χ0v) is 15.6. The summed E-state index contributed by atoms with van der Waals surface area (Å²) in [5.41, 5.74) is 1.84. The molecule has 140 valence electrons. The molecule has 7 nitrogen and oxygen atoms in total. The summed E-state index contributed by atoms with van der Waals surface area (Å²) < 4.78 is 5.69. The lowest BCUT2D eigenvalue weighted by molar-refractivity contribution is 0.120. The molecule has 1 atom stereocenters. The van der Waals surface area contributed by atoms with Crippen LogP contribution < -0.4 is 10.6 Å². The number of hydrogen-bond acceptors (Lipinski definition) is 7. The van der Waals surface area contributed by atoms with Crippen LogP contribution in [0.4, 0.5) is 11.8 Å². The molecule has 1 aliphatic rings. The van der Waals surface area contributed by atoms with Crippen molar-refractivity contribution in [2.45, 2.75) is 25.4 Å². The second-order valence-electron chi connectivity index (χ2n) is 6.80. The van der Waals surface area contributed by atoms with E-state index >= 15 is 0 Å². The summed E-state index contributed by atoms with van der Waals surface area (Å²) in [6.45, 7) is 3.48. The molecule has 0 aliphatic carbocycles. The number of ether oxygens (including phenoxy) is 1. The van der Waals surface area contributed by atoms with Crippen molar-refractivity contribution in [1.82, 2.24) is 19.9 Å². The summed E-state index contributed by atoms with van der Waals surface area (Å²) in [7, 11) is 4.15. The lowest BCUT2D eigenvalue weighted by Crippen LogP contribution is -2.20. The smallest absolute Gasteiger partial charge is 0.225 e. The molecule has 0 amide bonds. The summed E-state index contributed by atoms with van der Waals surface area (Å²) in [6, 6.07) is 5.90. The highest BCUT2D eigenvalue weighted by Crippen LogP contribution is 2.21. The van der Waals surface area contributed by atoms with Crippen molar-refractivity contribution in [3.8, 4) is 11.3 Å². The van der Waals surface area contributed by atoms with Crippen LogP contribution >= 0.6 is 0 Å². The molecule has 1 aliphatic heterocycles. The summed E-state index contributed by atoms with van der Waals surface area (Å²) in [6.07, 6.45) is 7.12. The van der Waals surface area contributed by atoms with Gasteiger partial charge in [0.15, 0.2) is 0 Å². The molecular formula is C19H28N6O. The molecule has 26 heavy (non-hydrogen) atoms. The largest absolute Gasteiger partial charge is 0.376 e. The Hall–Kier alpha value is -2.25. The van der Waals surface area contributed by atoms with Crippen LogP contribution in [-0.2, 0) is 4.74 Å². The fourth-order valence-corrected chi connectivity index (χ4v) is 2.90. The topological polar surface area (TPSA) is 75.2 Å². The van der Waals surface area contributed by atoms with Crippen LogP contribution in [0.1, 0.15) is 19.3 Å². The third kappa shape index (κ3) is 5.64. The van der Waals surface area contributed by atoms with E-state index in [-0.39, 0.29) is 6.10 Å². The van der Waals surface area contributed by atoms with Crippen molar-refractivity contribution in [1.29, 1.82) is 0 Å². The first-order chi connectivity index (χ1) is 12.7. The first kappa shape index (κ1) is 18.5. The van der Waals surface area contributed by atoms with Gasteiger partial charge in [0.25, 0.3) is 0 Å². The number of hydrogen-bond donors (Lipinski definition) is 2. The number of nitrogens with one attached hydrogen (secondary N) is 2. The van der Waals surface area contributed by atoms with E-state index in [4.69, 9.17) is 4.74 Å². The molecular weight excluding hydrogens is 328 g/mol. The molecule has 0 unspecified atom stereocenters. The zero-order chi connectivity index (χ0) is 18.2. The third-order valence-electron chi connectivity index (χ3n) is 4.28. The SMILES string of the molecule is CN(C)CCCNc1nc(NC[C@@H]2CCCO2)cc(-c2cccnc2)n1. The highest BCUT2D eigenvalue weighted by Gasteiger charge is 2.15. The Morgan fingerprint density at radius 1 is 1.27 bits per heavy atom. The van der Waals surface area contributed by atoms with E-state index in [1.165, 1.54) is 0 Å². The lowest BCUT2D eigenvalue weighted by Gasteiger charge is -2.14. The van der Waals surface area contributed by atoms with Gasteiger partial charge in [0, 0.05) is 43.7 Å². The monoisotopic (exact) mass is 356 g/mol. The van der Waals surface area contributed by atoms with Gasteiger partial charge in [-0.3, -0.25) is 4.98 Å². The zero-order valence-electron chi connectivity index (χ0n) is 15.6. The molecule has 3 heterocycles. The van der Waals surface area contributed by atoms with Crippen LogP contribution in [0, 0.1) is 0 Å². The Kier molecular flexibility index (Phi) is 6.74. The van der Waals surface area contributed by atoms with E-state index in [2.05, 4.69) is 44.6 Å². The van der Waals surface area contributed by atoms with E-state index < -0.39 is 0 Å². The summed E-state index contributed by atoms with van der Waals surface area (Å²) in [5, 5.41) is 6.74.